The largest absolute Gasteiger partial charge is 0.307 e. The summed E-state index contributed by atoms with van der Waals surface area (Å²) >= 11 is 0. The van der Waals surface area contributed by atoms with Crippen LogP contribution < -0.4 is 10.6 Å². The van der Waals surface area contributed by atoms with E-state index >= 15 is 0 Å². The van der Waals surface area contributed by atoms with E-state index in [0.29, 0.717) is 0 Å². The van der Waals surface area contributed by atoms with Crippen LogP contribution in [0.25, 0.3) is 11.3 Å². The molecule has 4 heterocycles. The molecule has 8 atom stereocenters. The average molecular weight is 483 g/mol. The van der Waals surface area contributed by atoms with Crippen LogP contribution in [0.15, 0.2) is 24.4 Å². The SMILES string of the molecule is C[C@@H]1C[C@@H]2Cc3ncc(-c4ccc5c(n4)C[C@H]4C[C@@H](C)C[C@@]56NCCC[C@H]46)cc3[C@@]3(C1)NCCC[C@H]23. The molecule has 4 aliphatic carbocycles. The third-order valence-electron chi connectivity index (χ3n) is 11.5. The molecule has 36 heavy (non-hydrogen) atoms. The van der Waals surface area contributed by atoms with E-state index in [4.69, 9.17) is 9.97 Å². The van der Waals surface area contributed by atoms with E-state index in [-0.39, 0.29) is 11.1 Å². The number of pyridine rings is 2. The quantitative estimate of drug-likeness (QED) is 0.544. The van der Waals surface area contributed by atoms with Crippen LogP contribution >= 0.6 is 0 Å². The van der Waals surface area contributed by atoms with Gasteiger partial charge in [-0.25, -0.2) is 0 Å². The van der Waals surface area contributed by atoms with Crippen molar-refractivity contribution in [3.05, 3.63) is 46.9 Å². The molecule has 0 spiro atoms. The molecule has 2 aromatic rings. The Morgan fingerprint density at radius 1 is 0.806 bits per heavy atom. The van der Waals surface area contributed by atoms with Gasteiger partial charge in [0.2, 0.25) is 0 Å². The fraction of sp³-hybridized carbons (Fsp3) is 0.688. The van der Waals surface area contributed by atoms with Crippen molar-refractivity contribution in [3.63, 3.8) is 0 Å². The molecule has 2 N–H and O–H groups in total. The Balaban J connectivity index is 1.21. The lowest BCUT2D eigenvalue weighted by atomic mass is 9.54. The topological polar surface area (TPSA) is 49.8 Å². The van der Waals surface area contributed by atoms with Crippen molar-refractivity contribution >= 4 is 0 Å². The highest BCUT2D eigenvalue weighted by atomic mass is 15.0. The van der Waals surface area contributed by atoms with Gasteiger partial charge in [-0.3, -0.25) is 9.97 Å². The van der Waals surface area contributed by atoms with Gasteiger partial charge < -0.3 is 10.6 Å². The molecule has 6 aliphatic rings. The number of hydrogen-bond acceptors (Lipinski definition) is 4. The first kappa shape index (κ1) is 22.2. The maximum Gasteiger partial charge on any atom is 0.0721 e. The molecular formula is C32H42N4. The lowest BCUT2D eigenvalue weighted by molar-refractivity contribution is 0.00803. The van der Waals surface area contributed by atoms with Crippen molar-refractivity contribution in [2.24, 2.45) is 35.5 Å². The fourth-order valence-electron chi connectivity index (χ4n) is 10.5. The van der Waals surface area contributed by atoms with Gasteiger partial charge in [0.05, 0.1) is 5.69 Å². The third-order valence-corrected chi connectivity index (χ3v) is 11.5. The number of hydrogen-bond donors (Lipinski definition) is 2. The molecule has 8 rings (SSSR count). The van der Waals surface area contributed by atoms with Crippen LogP contribution in [0.1, 0.15) is 87.7 Å². The van der Waals surface area contributed by atoms with Gasteiger partial charge in [-0.05, 0) is 136 Å². The minimum absolute atomic E-state index is 0.136. The van der Waals surface area contributed by atoms with Gasteiger partial charge in [0.1, 0.15) is 0 Å². The molecule has 0 amide bonds. The van der Waals surface area contributed by atoms with E-state index in [1.54, 1.807) is 0 Å². The molecule has 4 heteroatoms. The molecule has 4 fully saturated rings. The summed E-state index contributed by atoms with van der Waals surface area (Å²) in [6.45, 7) is 7.24. The predicted molar refractivity (Wildman–Crippen MR) is 143 cm³/mol. The summed E-state index contributed by atoms with van der Waals surface area (Å²) in [5, 5.41) is 8.12. The van der Waals surface area contributed by atoms with Gasteiger partial charge in [0, 0.05) is 34.2 Å². The first-order chi connectivity index (χ1) is 17.6. The fourth-order valence-corrected chi connectivity index (χ4v) is 10.5. The maximum absolute atomic E-state index is 5.42. The number of nitrogens with zero attached hydrogens (tertiary/aromatic N) is 2. The zero-order chi connectivity index (χ0) is 24.1. The van der Waals surface area contributed by atoms with Crippen LogP contribution in [0.4, 0.5) is 0 Å². The lowest BCUT2D eigenvalue weighted by Crippen LogP contribution is -2.60. The van der Waals surface area contributed by atoms with Crippen molar-refractivity contribution in [1.29, 1.82) is 0 Å². The van der Waals surface area contributed by atoms with Crippen LogP contribution in [-0.4, -0.2) is 23.1 Å². The van der Waals surface area contributed by atoms with Crippen LogP contribution in [0.2, 0.25) is 0 Å². The van der Waals surface area contributed by atoms with Crippen molar-refractivity contribution in [2.75, 3.05) is 13.1 Å². The van der Waals surface area contributed by atoms with E-state index in [2.05, 4.69) is 48.9 Å². The van der Waals surface area contributed by atoms with Crippen LogP contribution in [0, 0.1) is 35.5 Å². The van der Waals surface area contributed by atoms with Crippen LogP contribution in [-0.2, 0) is 23.9 Å². The highest BCUT2D eigenvalue weighted by molar-refractivity contribution is 5.62. The van der Waals surface area contributed by atoms with Gasteiger partial charge in [0.25, 0.3) is 0 Å². The highest BCUT2D eigenvalue weighted by Gasteiger charge is 2.55. The predicted octanol–water partition coefficient (Wildman–Crippen LogP) is 5.74. The Kier molecular flexibility index (Phi) is 4.86. The van der Waals surface area contributed by atoms with E-state index in [1.807, 2.05) is 0 Å². The van der Waals surface area contributed by atoms with Crippen molar-refractivity contribution < 1.29 is 0 Å². The number of rotatable bonds is 1. The second-order valence-electron chi connectivity index (χ2n) is 13.7. The molecule has 2 saturated heterocycles. The Morgan fingerprint density at radius 2 is 1.44 bits per heavy atom. The highest BCUT2D eigenvalue weighted by Crippen LogP contribution is 2.57. The molecule has 2 aromatic heterocycles. The van der Waals surface area contributed by atoms with Gasteiger partial charge in [-0.15, -0.1) is 0 Å². The molecule has 0 aromatic carbocycles. The van der Waals surface area contributed by atoms with E-state index in [0.717, 1.165) is 60.7 Å². The minimum atomic E-state index is 0.136. The van der Waals surface area contributed by atoms with Gasteiger partial charge in [0.15, 0.2) is 0 Å². The van der Waals surface area contributed by atoms with E-state index in [1.165, 1.54) is 85.9 Å². The Morgan fingerprint density at radius 3 is 2.14 bits per heavy atom. The summed E-state index contributed by atoms with van der Waals surface area (Å²) in [7, 11) is 0. The molecule has 2 saturated carbocycles. The molecule has 0 radical (unpaired) electrons. The summed E-state index contributed by atoms with van der Waals surface area (Å²) < 4.78 is 0. The first-order valence-corrected chi connectivity index (χ1v) is 15.1. The molecular weight excluding hydrogens is 440 g/mol. The Hall–Kier alpha value is -1.78. The number of piperidine rings is 2. The van der Waals surface area contributed by atoms with Gasteiger partial charge >= 0.3 is 0 Å². The van der Waals surface area contributed by atoms with Crippen LogP contribution in [0.5, 0.6) is 0 Å². The smallest absolute Gasteiger partial charge is 0.0721 e. The van der Waals surface area contributed by atoms with E-state index < -0.39 is 0 Å². The average Bonchev–Trinajstić information content (AvgIpc) is 2.87. The number of aromatic nitrogens is 2. The summed E-state index contributed by atoms with van der Waals surface area (Å²) in [6, 6.07) is 7.28. The van der Waals surface area contributed by atoms with Crippen molar-refractivity contribution in [1.82, 2.24) is 20.6 Å². The minimum Gasteiger partial charge on any atom is -0.307 e. The molecule has 4 nitrogen and oxygen atoms in total. The summed E-state index contributed by atoms with van der Waals surface area (Å²) in [6.07, 6.45) is 15.2. The zero-order valence-electron chi connectivity index (χ0n) is 22.2. The number of nitrogens with one attached hydrogen (secondary N) is 2. The lowest BCUT2D eigenvalue weighted by Gasteiger charge is -2.57. The van der Waals surface area contributed by atoms with Crippen molar-refractivity contribution in [3.8, 4) is 11.3 Å². The summed E-state index contributed by atoms with van der Waals surface area (Å²) in [5.41, 5.74) is 8.41. The summed E-state index contributed by atoms with van der Waals surface area (Å²) in [5.74, 6) is 4.73. The second kappa shape index (κ2) is 7.86. The monoisotopic (exact) mass is 482 g/mol. The van der Waals surface area contributed by atoms with E-state index in [9.17, 15) is 0 Å². The summed E-state index contributed by atoms with van der Waals surface area (Å²) in [4.78, 5) is 10.6. The number of fused-ring (bicyclic) bond motifs is 2. The maximum atomic E-state index is 5.42. The molecule has 0 unspecified atom stereocenters. The van der Waals surface area contributed by atoms with Gasteiger partial charge in [-0.2, -0.15) is 0 Å². The Bertz CT molecular complexity index is 1210. The van der Waals surface area contributed by atoms with Crippen molar-refractivity contribution in [2.45, 2.75) is 89.1 Å². The Labute approximate surface area is 216 Å². The van der Waals surface area contributed by atoms with Gasteiger partial charge in [-0.1, -0.05) is 19.9 Å². The van der Waals surface area contributed by atoms with Crippen LogP contribution in [0.3, 0.4) is 0 Å². The first-order valence-electron chi connectivity index (χ1n) is 15.1. The second-order valence-corrected chi connectivity index (χ2v) is 13.7. The zero-order valence-corrected chi connectivity index (χ0v) is 22.2. The normalized spacial score (nSPS) is 42.5. The molecule has 190 valence electrons. The standard InChI is InChI=1S/C32H42N4/c1-19-12-22-15-30-26(31(16-19)24(22)5-3-9-34-31)7-8-28(36-30)23-13-27-29(33-18-23)14-21-11-20(2)17-32(27)25(21)6-4-10-35-32/h7-8,13,18-22,24-25,34-35H,3-6,9-12,14-17H2,1-2H3/t19-,20-,21-,22-,24-,25-,31+,32+/m1/s1. The third kappa shape index (κ3) is 3.01. The molecule has 4 bridgehead atoms. The molecule has 2 aliphatic heterocycles.